The Morgan fingerprint density at radius 2 is 1.60 bits per heavy atom. The molecule has 1 fully saturated rings. The molecule has 0 N–H and O–H groups in total. The number of hydrogen-bond acceptors (Lipinski definition) is 4. The van der Waals surface area contributed by atoms with E-state index in [1.54, 1.807) is 36.4 Å². The summed E-state index contributed by atoms with van der Waals surface area (Å²) in [4.78, 5) is 27.6. The van der Waals surface area contributed by atoms with Gasteiger partial charge in [0.15, 0.2) is 5.78 Å². The molecule has 0 spiro atoms. The van der Waals surface area contributed by atoms with Gasteiger partial charge in [0.1, 0.15) is 5.82 Å². The van der Waals surface area contributed by atoms with Crippen molar-refractivity contribution in [1.29, 1.82) is 0 Å². The van der Waals surface area contributed by atoms with Crippen molar-refractivity contribution in [3.05, 3.63) is 89.4 Å². The zero-order valence-corrected chi connectivity index (χ0v) is 23.2. The molecule has 1 saturated heterocycles. The molecule has 220 valence electrons. The number of likely N-dealkylation sites (tertiary alicyclic amines) is 1. The Balaban J connectivity index is 1.15. The number of fused-ring (bicyclic) bond motifs is 1. The second-order valence-corrected chi connectivity index (χ2v) is 10.7. The number of aromatic nitrogens is 2. The highest BCUT2D eigenvalue weighted by atomic mass is 19.4. The summed E-state index contributed by atoms with van der Waals surface area (Å²) in [5, 5.41) is 5.51. The van der Waals surface area contributed by atoms with Gasteiger partial charge in [0, 0.05) is 48.8 Å². The standard InChI is InChI=1S/C32H31F4N3O3/c1-21-27(30(40)3-2-18-42-32(34,35)36)12-13-29-28(21)20-39(37-29)19-22-14-16-38(17-15-22)31(41)25-6-4-23(5-7-25)24-8-10-26(33)11-9-24/h4-13,20,22H,2-3,14-19H2,1H3. The molecule has 1 aromatic heterocycles. The molecule has 6 nitrogen and oxygen atoms in total. The predicted octanol–water partition coefficient (Wildman–Crippen LogP) is 7.20. The van der Waals surface area contributed by atoms with Gasteiger partial charge < -0.3 is 4.90 Å². The maximum atomic E-state index is 13.2. The van der Waals surface area contributed by atoms with Crippen molar-refractivity contribution in [2.45, 2.75) is 45.5 Å². The van der Waals surface area contributed by atoms with E-state index in [0.717, 1.165) is 40.4 Å². The summed E-state index contributed by atoms with van der Waals surface area (Å²) < 4.78 is 55.3. The molecule has 0 saturated carbocycles. The van der Waals surface area contributed by atoms with Gasteiger partial charge >= 0.3 is 6.36 Å². The van der Waals surface area contributed by atoms with E-state index in [1.807, 2.05) is 34.8 Å². The number of ketones is 1. The minimum absolute atomic E-state index is 0.0123. The van der Waals surface area contributed by atoms with Crippen molar-refractivity contribution >= 4 is 22.6 Å². The maximum Gasteiger partial charge on any atom is 0.522 e. The summed E-state index contributed by atoms with van der Waals surface area (Å²) in [6.07, 6.45) is -1.17. The number of halogens is 4. The molecule has 1 aliphatic heterocycles. The van der Waals surface area contributed by atoms with Crippen molar-refractivity contribution in [1.82, 2.24) is 14.7 Å². The molecule has 4 aromatic rings. The number of piperidine rings is 1. The minimum Gasteiger partial charge on any atom is -0.339 e. The Labute approximate surface area is 240 Å². The molecule has 0 aliphatic carbocycles. The summed E-state index contributed by atoms with van der Waals surface area (Å²) >= 11 is 0. The third-order valence-electron chi connectivity index (χ3n) is 7.78. The molecule has 1 aliphatic rings. The lowest BCUT2D eigenvalue weighted by atomic mass is 9.96. The highest BCUT2D eigenvalue weighted by Crippen LogP contribution is 2.26. The van der Waals surface area contributed by atoms with Gasteiger partial charge in [-0.3, -0.25) is 19.0 Å². The molecular formula is C32H31F4N3O3. The van der Waals surface area contributed by atoms with E-state index in [9.17, 15) is 27.2 Å². The van der Waals surface area contributed by atoms with Crippen molar-refractivity contribution < 1.29 is 31.9 Å². The number of alkyl halides is 3. The normalized spacial score (nSPS) is 14.5. The van der Waals surface area contributed by atoms with Crippen LogP contribution in [0.5, 0.6) is 0 Å². The summed E-state index contributed by atoms with van der Waals surface area (Å²) in [5.74, 6) is -0.197. The summed E-state index contributed by atoms with van der Waals surface area (Å²) in [5.41, 5.74) is 4.40. The van der Waals surface area contributed by atoms with E-state index in [-0.39, 0.29) is 30.3 Å². The Bertz CT molecular complexity index is 1560. The molecule has 0 bridgehead atoms. The number of Topliss-reactive ketones (excluding diaryl/α,β-unsaturated/α-hetero) is 1. The molecule has 3 aromatic carbocycles. The summed E-state index contributed by atoms with van der Waals surface area (Å²) in [6, 6.07) is 17.0. The number of hydrogen-bond donors (Lipinski definition) is 0. The lowest BCUT2D eigenvalue weighted by Gasteiger charge is -2.32. The predicted molar refractivity (Wildman–Crippen MR) is 151 cm³/mol. The number of ether oxygens (including phenoxy) is 1. The monoisotopic (exact) mass is 581 g/mol. The molecule has 2 heterocycles. The van der Waals surface area contributed by atoms with Crippen LogP contribution in [0.4, 0.5) is 17.6 Å². The molecule has 1 amide bonds. The highest BCUT2D eigenvalue weighted by molar-refractivity contribution is 6.01. The average Bonchev–Trinajstić information content (AvgIpc) is 3.39. The average molecular weight is 582 g/mol. The Morgan fingerprint density at radius 1 is 0.952 bits per heavy atom. The maximum absolute atomic E-state index is 13.2. The van der Waals surface area contributed by atoms with E-state index < -0.39 is 13.0 Å². The number of nitrogens with zero attached hydrogens (tertiary/aromatic N) is 3. The van der Waals surface area contributed by atoms with Crippen molar-refractivity contribution in [3.8, 4) is 11.1 Å². The first-order chi connectivity index (χ1) is 20.1. The molecule has 0 radical (unpaired) electrons. The summed E-state index contributed by atoms with van der Waals surface area (Å²) in [6.45, 7) is 3.23. The van der Waals surface area contributed by atoms with Crippen LogP contribution in [0.2, 0.25) is 0 Å². The van der Waals surface area contributed by atoms with Gasteiger partial charge in [-0.25, -0.2) is 4.39 Å². The fourth-order valence-electron chi connectivity index (χ4n) is 5.44. The Hall–Kier alpha value is -4.05. The second-order valence-electron chi connectivity index (χ2n) is 10.7. The van der Waals surface area contributed by atoms with Gasteiger partial charge in [0.05, 0.1) is 12.1 Å². The van der Waals surface area contributed by atoms with Crippen LogP contribution in [0.25, 0.3) is 22.0 Å². The van der Waals surface area contributed by atoms with Crippen LogP contribution in [0.15, 0.2) is 66.9 Å². The quantitative estimate of drug-likeness (QED) is 0.119. The third-order valence-corrected chi connectivity index (χ3v) is 7.78. The van der Waals surface area contributed by atoms with Crippen LogP contribution in [0.3, 0.4) is 0 Å². The zero-order chi connectivity index (χ0) is 29.9. The van der Waals surface area contributed by atoms with Crippen LogP contribution >= 0.6 is 0 Å². The number of rotatable bonds is 9. The number of carbonyl (C=O) groups excluding carboxylic acids is 2. The lowest BCUT2D eigenvalue weighted by molar-refractivity contribution is -0.324. The largest absolute Gasteiger partial charge is 0.522 e. The van der Waals surface area contributed by atoms with Crippen LogP contribution in [0, 0.1) is 18.7 Å². The second kappa shape index (κ2) is 12.4. The van der Waals surface area contributed by atoms with Gasteiger partial charge in [-0.1, -0.05) is 24.3 Å². The van der Waals surface area contributed by atoms with Gasteiger partial charge in [-0.05, 0) is 85.2 Å². The topological polar surface area (TPSA) is 64.4 Å². The van der Waals surface area contributed by atoms with Crippen LogP contribution in [0.1, 0.15) is 52.0 Å². The van der Waals surface area contributed by atoms with Crippen LogP contribution in [-0.4, -0.2) is 52.4 Å². The molecule has 42 heavy (non-hydrogen) atoms. The van der Waals surface area contributed by atoms with Crippen molar-refractivity contribution in [2.24, 2.45) is 5.92 Å². The number of carbonyl (C=O) groups is 2. The number of aryl methyl sites for hydroxylation is 1. The fourth-order valence-corrected chi connectivity index (χ4v) is 5.44. The van der Waals surface area contributed by atoms with Crippen LogP contribution in [-0.2, 0) is 11.3 Å². The molecule has 0 unspecified atom stereocenters. The number of amides is 1. The van der Waals surface area contributed by atoms with E-state index in [4.69, 9.17) is 0 Å². The van der Waals surface area contributed by atoms with E-state index in [1.165, 1.54) is 12.1 Å². The van der Waals surface area contributed by atoms with Crippen molar-refractivity contribution in [2.75, 3.05) is 19.7 Å². The molecular weight excluding hydrogens is 550 g/mol. The SMILES string of the molecule is Cc1c(C(=O)CCCOC(F)(F)F)ccc2nn(CC3CCN(C(=O)c4ccc(-c5ccc(F)cc5)cc4)CC3)cc12. The first kappa shape index (κ1) is 29.4. The van der Waals surface area contributed by atoms with E-state index in [0.29, 0.717) is 36.7 Å². The lowest BCUT2D eigenvalue weighted by Crippen LogP contribution is -2.39. The van der Waals surface area contributed by atoms with Crippen LogP contribution < -0.4 is 0 Å². The van der Waals surface area contributed by atoms with E-state index >= 15 is 0 Å². The first-order valence-corrected chi connectivity index (χ1v) is 13.9. The highest BCUT2D eigenvalue weighted by Gasteiger charge is 2.29. The fraction of sp³-hybridized carbons (Fsp3) is 0.344. The first-order valence-electron chi connectivity index (χ1n) is 13.9. The van der Waals surface area contributed by atoms with Crippen molar-refractivity contribution in [3.63, 3.8) is 0 Å². The van der Waals surface area contributed by atoms with Gasteiger partial charge in [-0.2, -0.15) is 5.10 Å². The third kappa shape index (κ3) is 7.05. The minimum atomic E-state index is -4.70. The van der Waals surface area contributed by atoms with Gasteiger partial charge in [0.2, 0.25) is 0 Å². The van der Waals surface area contributed by atoms with Gasteiger partial charge in [-0.15, -0.1) is 13.2 Å². The Kier molecular flexibility index (Phi) is 8.72. The smallest absolute Gasteiger partial charge is 0.339 e. The Morgan fingerprint density at radius 3 is 2.24 bits per heavy atom. The molecule has 5 rings (SSSR count). The molecule has 0 atom stereocenters. The molecule has 10 heteroatoms. The summed E-state index contributed by atoms with van der Waals surface area (Å²) in [7, 11) is 0. The zero-order valence-electron chi connectivity index (χ0n) is 23.2. The van der Waals surface area contributed by atoms with E-state index in [2.05, 4.69) is 9.84 Å². The van der Waals surface area contributed by atoms with Gasteiger partial charge in [0.25, 0.3) is 5.91 Å². The number of benzene rings is 3.